The summed E-state index contributed by atoms with van der Waals surface area (Å²) in [5.41, 5.74) is 1.08. The summed E-state index contributed by atoms with van der Waals surface area (Å²) >= 11 is 3.22. The first-order valence-corrected chi connectivity index (χ1v) is 8.18. The van der Waals surface area contributed by atoms with Crippen LogP contribution in [0.1, 0.15) is 57.1 Å². The van der Waals surface area contributed by atoms with E-state index in [0.717, 1.165) is 30.9 Å². The van der Waals surface area contributed by atoms with Crippen LogP contribution in [0.4, 0.5) is 4.39 Å². The topological polar surface area (TPSA) is 12.0 Å². The summed E-state index contributed by atoms with van der Waals surface area (Å²) in [5, 5.41) is 3.58. The van der Waals surface area contributed by atoms with Gasteiger partial charge in [0.05, 0.1) is 4.47 Å². The van der Waals surface area contributed by atoms with Gasteiger partial charge in [-0.05, 0) is 58.9 Å². The van der Waals surface area contributed by atoms with Crippen molar-refractivity contribution >= 4 is 15.9 Å². The molecule has 1 aromatic carbocycles. The third kappa shape index (κ3) is 4.28. The molecule has 0 bridgehead atoms. The van der Waals surface area contributed by atoms with Crippen LogP contribution in [0.2, 0.25) is 0 Å². The van der Waals surface area contributed by atoms with Crippen LogP contribution < -0.4 is 5.32 Å². The van der Waals surface area contributed by atoms with E-state index < -0.39 is 0 Å². The zero-order valence-electron chi connectivity index (χ0n) is 11.6. The predicted octanol–water partition coefficient (Wildman–Crippen LogP) is 5.21. The summed E-state index contributed by atoms with van der Waals surface area (Å²) in [5.74, 6) is 0.647. The van der Waals surface area contributed by atoms with Crippen LogP contribution in [0.25, 0.3) is 0 Å². The van der Waals surface area contributed by atoms with Gasteiger partial charge in [0, 0.05) is 6.04 Å². The van der Waals surface area contributed by atoms with Crippen molar-refractivity contribution in [3.05, 3.63) is 34.1 Å². The SMILES string of the molecule is CCCNC(CC1CCCC1)c1ccc(Br)c(F)c1. The zero-order valence-corrected chi connectivity index (χ0v) is 13.2. The second kappa shape index (κ2) is 7.39. The van der Waals surface area contributed by atoms with Crippen molar-refractivity contribution < 1.29 is 4.39 Å². The summed E-state index contributed by atoms with van der Waals surface area (Å²) in [6.45, 7) is 3.16. The molecule has 0 aliphatic heterocycles. The molecule has 0 aromatic heterocycles. The Balaban J connectivity index is 2.08. The third-order valence-corrected chi connectivity index (χ3v) is 4.67. The van der Waals surface area contributed by atoms with Gasteiger partial charge in [-0.1, -0.05) is 38.7 Å². The monoisotopic (exact) mass is 327 g/mol. The molecule has 1 fully saturated rings. The Morgan fingerprint density at radius 2 is 2.11 bits per heavy atom. The molecule has 2 rings (SSSR count). The number of hydrogen-bond acceptors (Lipinski definition) is 1. The molecule has 0 heterocycles. The van der Waals surface area contributed by atoms with Crippen LogP contribution in [0.3, 0.4) is 0 Å². The third-order valence-electron chi connectivity index (χ3n) is 4.03. The first-order valence-electron chi connectivity index (χ1n) is 7.39. The molecule has 1 atom stereocenters. The molecule has 0 amide bonds. The highest BCUT2D eigenvalue weighted by Crippen LogP contribution is 2.33. The minimum atomic E-state index is -0.160. The standard InChI is InChI=1S/C16H23BrFN/c1-2-9-19-16(10-12-5-3-4-6-12)13-7-8-14(17)15(18)11-13/h7-8,11-12,16,19H,2-6,9-10H2,1H3. The van der Waals surface area contributed by atoms with Crippen molar-refractivity contribution in [3.63, 3.8) is 0 Å². The Hall–Kier alpha value is -0.410. The molecule has 1 nitrogen and oxygen atoms in total. The van der Waals surface area contributed by atoms with Crippen molar-refractivity contribution in [3.8, 4) is 0 Å². The number of nitrogens with one attached hydrogen (secondary N) is 1. The van der Waals surface area contributed by atoms with E-state index in [9.17, 15) is 4.39 Å². The van der Waals surface area contributed by atoms with Crippen molar-refractivity contribution in [2.24, 2.45) is 5.92 Å². The van der Waals surface area contributed by atoms with Crippen LogP contribution in [0.5, 0.6) is 0 Å². The minimum absolute atomic E-state index is 0.160. The lowest BCUT2D eigenvalue weighted by atomic mass is 9.93. The molecule has 106 valence electrons. The van der Waals surface area contributed by atoms with Crippen LogP contribution in [0.15, 0.2) is 22.7 Å². The Kier molecular flexibility index (Phi) is 5.83. The Bertz CT molecular complexity index is 402. The summed E-state index contributed by atoms with van der Waals surface area (Å²) in [4.78, 5) is 0. The molecule has 1 aliphatic rings. The van der Waals surface area contributed by atoms with E-state index >= 15 is 0 Å². The smallest absolute Gasteiger partial charge is 0.137 e. The van der Waals surface area contributed by atoms with Crippen molar-refractivity contribution in [2.45, 2.75) is 51.5 Å². The van der Waals surface area contributed by atoms with E-state index in [1.807, 2.05) is 12.1 Å². The summed E-state index contributed by atoms with van der Waals surface area (Å²) in [6.07, 6.45) is 7.65. The van der Waals surface area contributed by atoms with E-state index in [1.54, 1.807) is 6.07 Å². The van der Waals surface area contributed by atoms with Gasteiger partial charge in [0.2, 0.25) is 0 Å². The molecule has 1 aromatic rings. The van der Waals surface area contributed by atoms with Gasteiger partial charge in [0.1, 0.15) is 5.82 Å². The lowest BCUT2D eigenvalue weighted by Crippen LogP contribution is -2.24. The molecule has 1 aliphatic carbocycles. The fraction of sp³-hybridized carbons (Fsp3) is 0.625. The molecule has 0 radical (unpaired) electrons. The lowest BCUT2D eigenvalue weighted by Gasteiger charge is -2.22. The zero-order chi connectivity index (χ0) is 13.7. The highest BCUT2D eigenvalue weighted by atomic mass is 79.9. The van der Waals surface area contributed by atoms with Gasteiger partial charge in [-0.15, -0.1) is 0 Å². The summed E-state index contributed by atoms with van der Waals surface area (Å²) in [6, 6.07) is 5.83. The van der Waals surface area contributed by atoms with Gasteiger partial charge in [0.15, 0.2) is 0 Å². The van der Waals surface area contributed by atoms with Crippen molar-refractivity contribution in [1.82, 2.24) is 5.32 Å². The molecule has 0 spiro atoms. The molecular weight excluding hydrogens is 305 g/mol. The second-order valence-corrected chi connectivity index (χ2v) is 6.42. The van der Waals surface area contributed by atoms with Gasteiger partial charge in [-0.3, -0.25) is 0 Å². The normalized spacial score (nSPS) is 17.8. The fourth-order valence-electron chi connectivity index (χ4n) is 2.96. The Morgan fingerprint density at radius 3 is 2.74 bits per heavy atom. The van der Waals surface area contributed by atoms with E-state index in [1.165, 1.54) is 25.7 Å². The van der Waals surface area contributed by atoms with Crippen molar-refractivity contribution in [1.29, 1.82) is 0 Å². The lowest BCUT2D eigenvalue weighted by molar-refractivity contribution is 0.394. The number of halogens is 2. The number of hydrogen-bond donors (Lipinski definition) is 1. The predicted molar refractivity (Wildman–Crippen MR) is 81.7 cm³/mol. The van der Waals surface area contributed by atoms with E-state index in [-0.39, 0.29) is 5.82 Å². The number of benzene rings is 1. The minimum Gasteiger partial charge on any atom is -0.310 e. The van der Waals surface area contributed by atoms with Crippen LogP contribution >= 0.6 is 15.9 Å². The largest absolute Gasteiger partial charge is 0.310 e. The molecular formula is C16H23BrFN. The highest BCUT2D eigenvalue weighted by molar-refractivity contribution is 9.10. The summed E-state index contributed by atoms with van der Waals surface area (Å²) < 4.78 is 14.2. The molecule has 0 saturated heterocycles. The van der Waals surface area contributed by atoms with Gasteiger partial charge < -0.3 is 5.32 Å². The van der Waals surface area contributed by atoms with Gasteiger partial charge >= 0.3 is 0 Å². The molecule has 1 N–H and O–H groups in total. The number of rotatable bonds is 6. The first kappa shape index (κ1) is 15.0. The van der Waals surface area contributed by atoms with Gasteiger partial charge in [-0.2, -0.15) is 0 Å². The molecule has 19 heavy (non-hydrogen) atoms. The quantitative estimate of drug-likeness (QED) is 0.756. The Labute approximate surface area is 124 Å². The molecule has 1 saturated carbocycles. The van der Waals surface area contributed by atoms with E-state index in [0.29, 0.717) is 10.5 Å². The molecule has 3 heteroatoms. The van der Waals surface area contributed by atoms with Gasteiger partial charge in [-0.25, -0.2) is 4.39 Å². The fourth-order valence-corrected chi connectivity index (χ4v) is 3.21. The van der Waals surface area contributed by atoms with E-state index in [2.05, 4.69) is 28.2 Å². The maximum absolute atomic E-state index is 13.7. The molecule has 1 unspecified atom stereocenters. The maximum Gasteiger partial charge on any atom is 0.137 e. The first-order chi connectivity index (χ1) is 9.20. The Morgan fingerprint density at radius 1 is 1.37 bits per heavy atom. The second-order valence-electron chi connectivity index (χ2n) is 5.57. The van der Waals surface area contributed by atoms with E-state index in [4.69, 9.17) is 0 Å². The van der Waals surface area contributed by atoms with Crippen LogP contribution in [0, 0.1) is 11.7 Å². The highest BCUT2D eigenvalue weighted by Gasteiger charge is 2.21. The summed E-state index contributed by atoms with van der Waals surface area (Å²) in [7, 11) is 0. The van der Waals surface area contributed by atoms with Gasteiger partial charge in [0.25, 0.3) is 0 Å². The van der Waals surface area contributed by atoms with Crippen LogP contribution in [-0.4, -0.2) is 6.54 Å². The average molecular weight is 328 g/mol. The average Bonchev–Trinajstić information content (AvgIpc) is 2.91. The van der Waals surface area contributed by atoms with Crippen molar-refractivity contribution in [2.75, 3.05) is 6.54 Å². The maximum atomic E-state index is 13.7. The van der Waals surface area contributed by atoms with Crippen LogP contribution in [-0.2, 0) is 0 Å².